The van der Waals surface area contributed by atoms with Crippen molar-refractivity contribution in [1.29, 1.82) is 0 Å². The van der Waals surface area contributed by atoms with E-state index < -0.39 is 5.91 Å². The zero-order valence-electron chi connectivity index (χ0n) is 12.0. The molecule has 1 amide bonds. The highest BCUT2D eigenvalue weighted by atomic mass is 16.5. The summed E-state index contributed by atoms with van der Waals surface area (Å²) >= 11 is 0. The number of rotatable bonds is 6. The van der Waals surface area contributed by atoms with Gasteiger partial charge >= 0.3 is 0 Å². The second-order valence-corrected chi connectivity index (χ2v) is 5.48. The maximum absolute atomic E-state index is 10.8. The summed E-state index contributed by atoms with van der Waals surface area (Å²) in [4.78, 5) is 10.8. The zero-order chi connectivity index (χ0) is 14.5. The third kappa shape index (κ3) is 5.18. The predicted molar refractivity (Wildman–Crippen MR) is 73.1 cm³/mol. The Morgan fingerprint density at radius 3 is 2.58 bits per heavy atom. The minimum Gasteiger partial charge on any atom is -0.493 e. The van der Waals surface area contributed by atoms with Gasteiger partial charge in [-0.1, -0.05) is 6.07 Å². The van der Waals surface area contributed by atoms with Crippen molar-refractivity contribution in [3.05, 3.63) is 23.8 Å². The predicted octanol–water partition coefficient (Wildman–Crippen LogP) is 0.421. The molecule has 0 fully saturated rings. The van der Waals surface area contributed by atoms with Gasteiger partial charge in [-0.2, -0.15) is 0 Å². The Morgan fingerprint density at radius 1 is 1.37 bits per heavy atom. The Morgan fingerprint density at radius 2 is 2.05 bits per heavy atom. The fraction of sp³-hybridized carbons (Fsp3) is 0.500. The quantitative estimate of drug-likeness (QED) is 0.784. The number of quaternary nitrogens is 1. The lowest BCUT2D eigenvalue weighted by atomic mass is 10.1. The molecule has 0 spiro atoms. The number of benzene rings is 1. The maximum atomic E-state index is 10.8. The molecule has 19 heavy (non-hydrogen) atoms. The fourth-order valence-corrected chi connectivity index (χ4v) is 1.61. The van der Waals surface area contributed by atoms with Gasteiger partial charge in [-0.3, -0.25) is 4.79 Å². The molecule has 4 N–H and O–H groups in total. The largest absolute Gasteiger partial charge is 0.493 e. The molecule has 1 aromatic carbocycles. The topological polar surface area (TPSA) is 78.2 Å². The van der Waals surface area contributed by atoms with E-state index in [4.69, 9.17) is 15.2 Å². The lowest BCUT2D eigenvalue weighted by Gasteiger charge is -2.19. The summed E-state index contributed by atoms with van der Waals surface area (Å²) in [7, 11) is 1.57. The number of carbonyl (C=O) groups excluding carboxylic acids is 1. The normalized spacial score (nSPS) is 11.2. The fourth-order valence-electron chi connectivity index (χ4n) is 1.61. The number of para-hydroxylation sites is 1. The second-order valence-electron chi connectivity index (χ2n) is 5.48. The first-order valence-electron chi connectivity index (χ1n) is 6.25. The number of methoxy groups -OCH3 is 1. The van der Waals surface area contributed by atoms with Crippen molar-refractivity contribution in [2.45, 2.75) is 32.9 Å². The molecule has 0 aliphatic heterocycles. The van der Waals surface area contributed by atoms with Gasteiger partial charge in [0.2, 0.25) is 0 Å². The van der Waals surface area contributed by atoms with Crippen molar-refractivity contribution >= 4 is 5.91 Å². The van der Waals surface area contributed by atoms with E-state index in [0.29, 0.717) is 11.5 Å². The molecule has 5 nitrogen and oxygen atoms in total. The monoisotopic (exact) mass is 267 g/mol. The first kappa shape index (κ1) is 15.3. The molecule has 0 aromatic heterocycles. The van der Waals surface area contributed by atoms with Crippen LogP contribution in [0.15, 0.2) is 18.2 Å². The van der Waals surface area contributed by atoms with Crippen molar-refractivity contribution in [2.75, 3.05) is 13.7 Å². The third-order valence-electron chi connectivity index (χ3n) is 2.57. The van der Waals surface area contributed by atoms with Crippen LogP contribution in [0.1, 0.15) is 26.3 Å². The Balaban J connectivity index is 2.91. The Kier molecular flexibility index (Phi) is 5.18. The lowest BCUT2D eigenvalue weighted by molar-refractivity contribution is -0.731. The average Bonchev–Trinajstić information content (AvgIpc) is 2.32. The van der Waals surface area contributed by atoms with Crippen LogP contribution in [0.3, 0.4) is 0 Å². The highest BCUT2D eigenvalue weighted by Crippen LogP contribution is 2.30. The first-order valence-corrected chi connectivity index (χ1v) is 6.25. The molecule has 106 valence electrons. The van der Waals surface area contributed by atoms with Crippen molar-refractivity contribution in [1.82, 2.24) is 0 Å². The molecule has 0 atom stereocenters. The zero-order valence-corrected chi connectivity index (χ0v) is 12.0. The molecule has 1 aromatic rings. The van der Waals surface area contributed by atoms with Crippen LogP contribution in [0.2, 0.25) is 0 Å². The molecule has 0 aliphatic rings. The summed E-state index contributed by atoms with van der Waals surface area (Å²) < 4.78 is 10.7. The van der Waals surface area contributed by atoms with Crippen molar-refractivity contribution in [3.63, 3.8) is 0 Å². The molecule has 0 unspecified atom stereocenters. The minimum absolute atomic E-state index is 0.115. The van der Waals surface area contributed by atoms with E-state index in [0.717, 1.165) is 12.1 Å². The summed E-state index contributed by atoms with van der Waals surface area (Å²) in [5.74, 6) is 0.696. The van der Waals surface area contributed by atoms with E-state index in [1.165, 1.54) is 0 Å². The van der Waals surface area contributed by atoms with Gasteiger partial charge in [0, 0.05) is 0 Å². The van der Waals surface area contributed by atoms with Crippen LogP contribution >= 0.6 is 0 Å². The lowest BCUT2D eigenvalue weighted by Crippen LogP contribution is -2.92. The Hall–Kier alpha value is -1.75. The summed E-state index contributed by atoms with van der Waals surface area (Å²) in [6.45, 7) is 7.00. The molecule has 0 radical (unpaired) electrons. The van der Waals surface area contributed by atoms with Crippen LogP contribution in [0.5, 0.6) is 11.5 Å². The highest BCUT2D eigenvalue weighted by molar-refractivity contribution is 5.75. The van der Waals surface area contributed by atoms with Gasteiger partial charge in [0.15, 0.2) is 18.1 Å². The molecule has 0 bridgehead atoms. The van der Waals surface area contributed by atoms with Crippen molar-refractivity contribution in [2.24, 2.45) is 5.73 Å². The molecule has 0 heterocycles. The van der Waals surface area contributed by atoms with E-state index in [-0.39, 0.29) is 12.1 Å². The van der Waals surface area contributed by atoms with E-state index in [1.807, 2.05) is 12.1 Å². The Labute approximate surface area is 114 Å². The second kappa shape index (κ2) is 6.43. The molecule has 5 heteroatoms. The summed E-state index contributed by atoms with van der Waals surface area (Å²) in [6, 6.07) is 5.67. The van der Waals surface area contributed by atoms with Gasteiger partial charge in [-0.25, -0.2) is 0 Å². The van der Waals surface area contributed by atoms with Crippen LogP contribution in [0, 0.1) is 0 Å². The smallest absolute Gasteiger partial charge is 0.255 e. The van der Waals surface area contributed by atoms with Crippen molar-refractivity contribution in [3.8, 4) is 11.5 Å². The van der Waals surface area contributed by atoms with Gasteiger partial charge < -0.3 is 20.5 Å². The van der Waals surface area contributed by atoms with Crippen LogP contribution < -0.4 is 20.5 Å². The molecular weight excluding hydrogens is 244 g/mol. The number of carbonyl (C=O) groups is 1. The molecule has 1 rings (SSSR count). The first-order chi connectivity index (χ1) is 8.83. The highest BCUT2D eigenvalue weighted by Gasteiger charge is 2.17. The summed E-state index contributed by atoms with van der Waals surface area (Å²) in [6.07, 6.45) is 0. The van der Waals surface area contributed by atoms with E-state index >= 15 is 0 Å². The average molecular weight is 267 g/mol. The molecule has 0 saturated carbocycles. The number of amides is 1. The number of ether oxygens (including phenoxy) is 2. The minimum atomic E-state index is -0.503. The Bertz CT molecular complexity index is 439. The van der Waals surface area contributed by atoms with Gasteiger partial charge in [0.05, 0.1) is 18.2 Å². The van der Waals surface area contributed by atoms with Gasteiger partial charge in [-0.15, -0.1) is 0 Å². The summed E-state index contributed by atoms with van der Waals surface area (Å²) in [5.41, 5.74) is 6.21. The van der Waals surface area contributed by atoms with E-state index in [9.17, 15) is 4.79 Å². The standard InChI is InChI=1S/C14H22N2O3/c1-14(2,3)16-8-10-6-5-7-11(18-4)13(10)19-9-12(15)17/h5-7,16H,8-9H2,1-4H3,(H2,15,17)/p+1. The van der Waals surface area contributed by atoms with Gasteiger partial charge in [0.1, 0.15) is 6.54 Å². The number of primary amides is 1. The van der Waals surface area contributed by atoms with Gasteiger partial charge in [-0.05, 0) is 32.9 Å². The molecule has 0 aliphatic carbocycles. The SMILES string of the molecule is COc1cccc(C[NH2+]C(C)(C)C)c1OCC(N)=O. The van der Waals surface area contributed by atoms with Crippen LogP contribution in [-0.4, -0.2) is 25.2 Å². The third-order valence-corrected chi connectivity index (χ3v) is 2.57. The van der Waals surface area contributed by atoms with Crippen molar-refractivity contribution < 1.29 is 19.6 Å². The maximum Gasteiger partial charge on any atom is 0.255 e. The summed E-state index contributed by atoms with van der Waals surface area (Å²) in [5, 5.41) is 2.19. The van der Waals surface area contributed by atoms with Gasteiger partial charge in [0.25, 0.3) is 5.91 Å². The van der Waals surface area contributed by atoms with E-state index in [1.54, 1.807) is 13.2 Å². The van der Waals surface area contributed by atoms with Crippen LogP contribution in [-0.2, 0) is 11.3 Å². The number of hydrogen-bond acceptors (Lipinski definition) is 3. The van der Waals surface area contributed by atoms with Crippen LogP contribution in [0.4, 0.5) is 0 Å². The number of nitrogens with two attached hydrogens (primary N) is 2. The van der Waals surface area contributed by atoms with Crippen LogP contribution in [0.25, 0.3) is 0 Å². The molecular formula is C14H23N2O3+. The molecule has 0 saturated heterocycles. The number of hydrogen-bond donors (Lipinski definition) is 2. The van der Waals surface area contributed by atoms with E-state index in [2.05, 4.69) is 26.1 Å².